The van der Waals surface area contributed by atoms with Crippen molar-refractivity contribution in [2.75, 3.05) is 0 Å². The molecule has 0 unspecified atom stereocenters. The molecular formula is C16H16O3. The average Bonchev–Trinajstić information content (AvgIpc) is 2.40. The van der Waals surface area contributed by atoms with Crippen LogP contribution in [0.3, 0.4) is 0 Å². The Morgan fingerprint density at radius 1 is 1.16 bits per heavy atom. The number of aryl methyl sites for hydroxylation is 2. The van der Waals surface area contributed by atoms with Crippen molar-refractivity contribution >= 4 is 5.97 Å². The molecule has 0 amide bonds. The summed E-state index contributed by atoms with van der Waals surface area (Å²) in [6.07, 6.45) is 0. The summed E-state index contributed by atoms with van der Waals surface area (Å²) in [7, 11) is 0. The predicted octanol–water partition coefficient (Wildman–Crippen LogP) is 3.58. The van der Waals surface area contributed by atoms with Crippen LogP contribution >= 0.6 is 0 Å². The van der Waals surface area contributed by atoms with Crippen molar-refractivity contribution < 1.29 is 14.6 Å². The van der Waals surface area contributed by atoms with Crippen LogP contribution in [0, 0.1) is 13.8 Å². The van der Waals surface area contributed by atoms with E-state index < -0.39 is 5.97 Å². The van der Waals surface area contributed by atoms with Gasteiger partial charge in [0, 0.05) is 0 Å². The SMILES string of the molecule is Cc1ccc(C)c(OCc2cccc(C(=O)O)c2)c1. The van der Waals surface area contributed by atoms with E-state index in [1.807, 2.05) is 38.1 Å². The summed E-state index contributed by atoms with van der Waals surface area (Å²) in [6.45, 7) is 4.37. The van der Waals surface area contributed by atoms with Crippen LogP contribution in [0.4, 0.5) is 0 Å². The van der Waals surface area contributed by atoms with Crippen LogP contribution < -0.4 is 4.74 Å². The molecule has 0 heterocycles. The van der Waals surface area contributed by atoms with Crippen LogP contribution in [0.25, 0.3) is 0 Å². The predicted molar refractivity (Wildman–Crippen MR) is 73.6 cm³/mol. The van der Waals surface area contributed by atoms with Gasteiger partial charge in [0.1, 0.15) is 12.4 Å². The molecule has 0 aliphatic heterocycles. The lowest BCUT2D eigenvalue weighted by Gasteiger charge is -2.10. The minimum atomic E-state index is -0.923. The van der Waals surface area contributed by atoms with E-state index in [4.69, 9.17) is 9.84 Å². The molecule has 0 aliphatic carbocycles. The number of carbonyl (C=O) groups is 1. The van der Waals surface area contributed by atoms with Crippen molar-refractivity contribution in [2.24, 2.45) is 0 Å². The third-order valence-corrected chi connectivity index (χ3v) is 2.91. The number of carboxylic acid groups (broad SMARTS) is 1. The van der Waals surface area contributed by atoms with E-state index in [0.29, 0.717) is 6.61 Å². The zero-order valence-corrected chi connectivity index (χ0v) is 11.0. The van der Waals surface area contributed by atoms with E-state index in [2.05, 4.69) is 0 Å². The molecule has 3 heteroatoms. The van der Waals surface area contributed by atoms with Gasteiger partial charge in [-0.3, -0.25) is 0 Å². The van der Waals surface area contributed by atoms with Crippen molar-refractivity contribution in [3.05, 3.63) is 64.7 Å². The molecule has 1 N–H and O–H groups in total. The Morgan fingerprint density at radius 2 is 1.95 bits per heavy atom. The summed E-state index contributed by atoms with van der Waals surface area (Å²) in [4.78, 5) is 10.9. The Kier molecular flexibility index (Phi) is 3.85. The summed E-state index contributed by atoms with van der Waals surface area (Å²) in [6, 6.07) is 12.8. The van der Waals surface area contributed by atoms with E-state index >= 15 is 0 Å². The topological polar surface area (TPSA) is 46.5 Å². The molecule has 0 saturated heterocycles. The highest BCUT2D eigenvalue weighted by Crippen LogP contribution is 2.20. The van der Waals surface area contributed by atoms with E-state index in [1.54, 1.807) is 18.2 Å². The van der Waals surface area contributed by atoms with Gasteiger partial charge in [-0.05, 0) is 48.7 Å². The van der Waals surface area contributed by atoms with E-state index in [1.165, 1.54) is 0 Å². The molecule has 2 rings (SSSR count). The monoisotopic (exact) mass is 256 g/mol. The lowest BCUT2D eigenvalue weighted by molar-refractivity contribution is 0.0696. The largest absolute Gasteiger partial charge is 0.489 e. The molecule has 0 aliphatic rings. The maximum Gasteiger partial charge on any atom is 0.335 e. The second-order valence-electron chi connectivity index (χ2n) is 4.56. The maximum absolute atomic E-state index is 10.9. The molecule has 98 valence electrons. The third-order valence-electron chi connectivity index (χ3n) is 2.91. The molecule has 0 saturated carbocycles. The zero-order chi connectivity index (χ0) is 13.8. The van der Waals surface area contributed by atoms with Gasteiger partial charge in [0.25, 0.3) is 0 Å². The molecule has 0 spiro atoms. The molecule has 19 heavy (non-hydrogen) atoms. The quantitative estimate of drug-likeness (QED) is 0.909. The maximum atomic E-state index is 10.9. The highest BCUT2D eigenvalue weighted by atomic mass is 16.5. The minimum absolute atomic E-state index is 0.280. The standard InChI is InChI=1S/C16H16O3/c1-11-6-7-12(2)15(8-11)19-10-13-4-3-5-14(9-13)16(17)18/h3-9H,10H2,1-2H3,(H,17,18). The molecule has 3 nitrogen and oxygen atoms in total. The van der Waals surface area contributed by atoms with Gasteiger partial charge < -0.3 is 9.84 Å². The second kappa shape index (κ2) is 5.57. The molecule has 2 aromatic carbocycles. The van der Waals surface area contributed by atoms with Gasteiger partial charge in [0.2, 0.25) is 0 Å². The van der Waals surface area contributed by atoms with E-state index in [-0.39, 0.29) is 5.56 Å². The van der Waals surface area contributed by atoms with Crippen LogP contribution in [0.15, 0.2) is 42.5 Å². The number of hydrogen-bond acceptors (Lipinski definition) is 2. The normalized spacial score (nSPS) is 10.2. The number of benzene rings is 2. The van der Waals surface area contributed by atoms with Gasteiger partial charge >= 0.3 is 5.97 Å². The van der Waals surface area contributed by atoms with Gasteiger partial charge in [0.15, 0.2) is 0 Å². The summed E-state index contributed by atoms with van der Waals surface area (Å²) < 4.78 is 5.75. The van der Waals surface area contributed by atoms with Crippen molar-refractivity contribution in [1.29, 1.82) is 0 Å². The summed E-state index contributed by atoms with van der Waals surface area (Å²) in [5.74, 6) is -0.0886. The van der Waals surface area contributed by atoms with Gasteiger partial charge in [-0.2, -0.15) is 0 Å². The van der Waals surface area contributed by atoms with E-state index in [0.717, 1.165) is 22.4 Å². The fraction of sp³-hybridized carbons (Fsp3) is 0.188. The first-order valence-corrected chi connectivity index (χ1v) is 6.08. The average molecular weight is 256 g/mol. The number of aromatic carboxylic acids is 1. The minimum Gasteiger partial charge on any atom is -0.489 e. The molecule has 0 radical (unpaired) electrons. The van der Waals surface area contributed by atoms with Gasteiger partial charge in [0.05, 0.1) is 5.56 Å². The Labute approximate surface area is 112 Å². The molecule has 0 aromatic heterocycles. The second-order valence-corrected chi connectivity index (χ2v) is 4.56. The smallest absolute Gasteiger partial charge is 0.335 e. The molecule has 0 fully saturated rings. The Morgan fingerprint density at radius 3 is 2.68 bits per heavy atom. The van der Waals surface area contributed by atoms with Crippen LogP contribution in [-0.4, -0.2) is 11.1 Å². The number of hydrogen-bond donors (Lipinski definition) is 1. The highest BCUT2D eigenvalue weighted by Gasteiger charge is 2.05. The summed E-state index contributed by atoms with van der Waals surface area (Å²) in [5, 5.41) is 8.93. The number of carboxylic acids is 1. The first kappa shape index (κ1) is 13.1. The van der Waals surface area contributed by atoms with Crippen molar-refractivity contribution in [1.82, 2.24) is 0 Å². The Hall–Kier alpha value is -2.29. The number of rotatable bonds is 4. The third kappa shape index (κ3) is 3.35. The fourth-order valence-electron chi connectivity index (χ4n) is 1.82. The molecule has 0 atom stereocenters. The van der Waals surface area contributed by atoms with Crippen molar-refractivity contribution in [3.8, 4) is 5.75 Å². The highest BCUT2D eigenvalue weighted by molar-refractivity contribution is 5.87. The van der Waals surface area contributed by atoms with Crippen LogP contribution in [0.5, 0.6) is 5.75 Å². The van der Waals surface area contributed by atoms with Crippen LogP contribution in [0.1, 0.15) is 27.0 Å². The first-order valence-electron chi connectivity index (χ1n) is 6.08. The first-order chi connectivity index (χ1) is 9.06. The number of ether oxygens (including phenoxy) is 1. The molecule has 2 aromatic rings. The summed E-state index contributed by atoms with van der Waals surface area (Å²) in [5.41, 5.74) is 3.34. The summed E-state index contributed by atoms with van der Waals surface area (Å²) >= 11 is 0. The Bertz CT molecular complexity index is 603. The van der Waals surface area contributed by atoms with Gasteiger partial charge in [-0.15, -0.1) is 0 Å². The van der Waals surface area contributed by atoms with Gasteiger partial charge in [-0.1, -0.05) is 24.3 Å². The lowest BCUT2D eigenvalue weighted by atomic mass is 10.1. The Balaban J connectivity index is 2.12. The lowest BCUT2D eigenvalue weighted by Crippen LogP contribution is -2.01. The van der Waals surface area contributed by atoms with Crippen LogP contribution in [0.2, 0.25) is 0 Å². The van der Waals surface area contributed by atoms with E-state index in [9.17, 15) is 4.79 Å². The van der Waals surface area contributed by atoms with Crippen molar-refractivity contribution in [3.63, 3.8) is 0 Å². The molecular weight excluding hydrogens is 240 g/mol. The fourth-order valence-corrected chi connectivity index (χ4v) is 1.82. The van der Waals surface area contributed by atoms with Crippen LogP contribution in [-0.2, 0) is 6.61 Å². The zero-order valence-electron chi connectivity index (χ0n) is 11.0. The molecule has 0 bridgehead atoms. The van der Waals surface area contributed by atoms with Gasteiger partial charge in [-0.25, -0.2) is 4.79 Å². The van der Waals surface area contributed by atoms with Crippen molar-refractivity contribution in [2.45, 2.75) is 20.5 Å².